The average Bonchev–Trinajstić information content (AvgIpc) is 1.94. The molecule has 4 N–H and O–H groups in total. The van der Waals surface area contributed by atoms with Crippen LogP contribution in [0.2, 0.25) is 0 Å². The van der Waals surface area contributed by atoms with Gasteiger partial charge < -0.3 is 10.6 Å². The average molecular weight is 140 g/mol. The van der Waals surface area contributed by atoms with Crippen molar-refractivity contribution in [3.63, 3.8) is 0 Å². The van der Waals surface area contributed by atoms with Crippen molar-refractivity contribution in [3.05, 3.63) is 11.3 Å². The van der Waals surface area contributed by atoms with Gasteiger partial charge in [0.05, 0.1) is 0 Å². The van der Waals surface area contributed by atoms with Crippen LogP contribution in [0.15, 0.2) is 11.3 Å². The highest BCUT2D eigenvalue weighted by atomic mass is 15.1. The lowest BCUT2D eigenvalue weighted by Gasteiger charge is -2.22. The minimum absolute atomic E-state index is 0.891. The van der Waals surface area contributed by atoms with Crippen LogP contribution in [0.4, 0.5) is 0 Å². The third kappa shape index (κ3) is 1.36. The van der Waals surface area contributed by atoms with Crippen molar-refractivity contribution in [1.82, 2.24) is 4.90 Å². The molecule has 3 nitrogen and oxygen atoms in total. The van der Waals surface area contributed by atoms with E-state index >= 15 is 0 Å². The first kappa shape index (κ1) is 7.28. The summed E-state index contributed by atoms with van der Waals surface area (Å²) < 4.78 is 0. The molecule has 0 aromatic rings. The second kappa shape index (κ2) is 2.84. The molecular weight excluding hydrogens is 126 g/mol. The minimum atomic E-state index is 0.891. The van der Waals surface area contributed by atoms with Gasteiger partial charge in [-0.05, 0) is 7.05 Å². The van der Waals surface area contributed by atoms with E-state index in [9.17, 15) is 0 Å². The van der Waals surface area contributed by atoms with Gasteiger partial charge in [0.2, 0.25) is 0 Å². The zero-order valence-electron chi connectivity index (χ0n) is 6.30. The van der Waals surface area contributed by atoms with Crippen LogP contribution >= 0.6 is 0 Å². The minimum Gasteiger partial charge on any atom is -0.402 e. The van der Waals surface area contributed by atoms with E-state index in [0.717, 1.165) is 30.8 Å². The Morgan fingerprint density at radius 3 is 2.90 bits per heavy atom. The number of nitrogens with zero attached hydrogens (tertiary/aromatic N) is 1. The molecule has 0 unspecified atom stereocenters. The van der Waals surface area contributed by atoms with E-state index in [2.05, 4.69) is 11.9 Å². The van der Waals surface area contributed by atoms with Crippen LogP contribution in [-0.2, 0) is 0 Å². The summed E-state index contributed by atoms with van der Waals surface area (Å²) in [5.74, 6) is 0. The zero-order chi connectivity index (χ0) is 7.56. The van der Waals surface area contributed by atoms with Crippen LogP contribution < -0.4 is 11.1 Å². The van der Waals surface area contributed by atoms with Gasteiger partial charge in [0.15, 0.2) is 6.21 Å². The van der Waals surface area contributed by atoms with Gasteiger partial charge in [0.25, 0.3) is 0 Å². The Bertz CT molecular complexity index is 172. The van der Waals surface area contributed by atoms with Gasteiger partial charge in [-0.1, -0.05) is 0 Å². The fourth-order valence-electron chi connectivity index (χ4n) is 1.10. The molecule has 0 aliphatic carbocycles. The lowest BCUT2D eigenvalue weighted by Crippen LogP contribution is -2.38. The molecule has 0 saturated carbocycles. The molecule has 1 heterocycles. The summed E-state index contributed by atoms with van der Waals surface area (Å²) in [6, 6.07) is 0. The zero-order valence-corrected chi connectivity index (χ0v) is 6.30. The molecule has 0 fully saturated rings. The quantitative estimate of drug-likeness (QED) is 0.429. The molecule has 0 spiro atoms. The molecule has 0 aromatic heterocycles. The maximum Gasteiger partial charge on any atom is 0.166 e. The molecule has 56 valence electrons. The van der Waals surface area contributed by atoms with Crippen LogP contribution in [0, 0.1) is 0 Å². The lowest BCUT2D eigenvalue weighted by atomic mass is 10.1. The summed E-state index contributed by atoms with van der Waals surface area (Å²) in [5, 5.41) is 5.37. The Kier molecular flexibility index (Phi) is 2.06. The van der Waals surface area contributed by atoms with Crippen molar-refractivity contribution in [2.24, 2.45) is 5.73 Å². The predicted molar refractivity (Wildman–Crippen MR) is 41.3 cm³/mol. The van der Waals surface area contributed by atoms with E-state index in [1.807, 2.05) is 0 Å². The molecule has 1 rings (SSSR count). The number of rotatable bonds is 1. The summed E-state index contributed by atoms with van der Waals surface area (Å²) in [7, 11) is 2.07. The van der Waals surface area contributed by atoms with Crippen molar-refractivity contribution >= 4 is 6.21 Å². The van der Waals surface area contributed by atoms with Crippen molar-refractivity contribution in [1.29, 1.82) is 0 Å². The summed E-state index contributed by atoms with van der Waals surface area (Å²) in [4.78, 5) is 2.20. The normalized spacial score (nSPS) is 21.3. The Hall–Kier alpha value is -0.830. The first-order chi connectivity index (χ1) is 4.74. The summed E-state index contributed by atoms with van der Waals surface area (Å²) in [6.45, 7) is 1.94. The Morgan fingerprint density at radius 1 is 1.70 bits per heavy atom. The number of hydrogen-bond acceptors (Lipinski definition) is 2. The van der Waals surface area contributed by atoms with E-state index in [1.165, 1.54) is 0 Å². The maximum atomic E-state index is 5.69. The monoisotopic (exact) mass is 140 g/mol. The van der Waals surface area contributed by atoms with Gasteiger partial charge in [-0.15, -0.1) is 0 Å². The van der Waals surface area contributed by atoms with E-state index in [1.54, 1.807) is 6.21 Å². The smallest absolute Gasteiger partial charge is 0.166 e. The molecule has 1 aliphatic rings. The van der Waals surface area contributed by atoms with Gasteiger partial charge in [0, 0.05) is 30.8 Å². The van der Waals surface area contributed by atoms with E-state index < -0.39 is 0 Å². The van der Waals surface area contributed by atoms with Gasteiger partial charge in [-0.25, -0.2) is 0 Å². The van der Waals surface area contributed by atoms with Crippen molar-refractivity contribution in [2.45, 2.75) is 6.42 Å². The third-order valence-electron chi connectivity index (χ3n) is 1.82. The van der Waals surface area contributed by atoms with Crippen molar-refractivity contribution in [3.8, 4) is 0 Å². The van der Waals surface area contributed by atoms with Gasteiger partial charge >= 0.3 is 0 Å². The second-order valence-electron chi connectivity index (χ2n) is 2.70. The SMILES string of the molecule is CN1CCC(N)=C(C=[NH2+])C1. The molecule has 1 aliphatic heterocycles. The molecule has 10 heavy (non-hydrogen) atoms. The maximum absolute atomic E-state index is 5.69. The van der Waals surface area contributed by atoms with E-state index in [-0.39, 0.29) is 0 Å². The highest BCUT2D eigenvalue weighted by Gasteiger charge is 2.12. The van der Waals surface area contributed by atoms with Crippen LogP contribution in [0.25, 0.3) is 0 Å². The second-order valence-corrected chi connectivity index (χ2v) is 2.70. The highest BCUT2D eigenvalue weighted by Crippen LogP contribution is 2.08. The summed E-state index contributed by atoms with van der Waals surface area (Å²) in [5.41, 5.74) is 7.72. The Morgan fingerprint density at radius 2 is 2.40 bits per heavy atom. The molecule has 0 saturated heterocycles. The summed E-state index contributed by atoms with van der Waals surface area (Å²) in [6.07, 6.45) is 2.55. The van der Waals surface area contributed by atoms with E-state index in [0.29, 0.717) is 0 Å². The molecule has 0 bridgehead atoms. The lowest BCUT2D eigenvalue weighted by molar-refractivity contribution is -0.105. The Labute approximate surface area is 61.0 Å². The molecule has 0 radical (unpaired) electrons. The number of nitrogens with two attached hydrogens (primary N) is 2. The van der Waals surface area contributed by atoms with Crippen LogP contribution in [0.3, 0.4) is 0 Å². The molecule has 0 atom stereocenters. The standard InChI is InChI=1S/C7H13N3/c1-10-3-2-7(9)6(4-8)5-10/h4,8H,2-3,5,9H2,1H3/p+1. The third-order valence-corrected chi connectivity index (χ3v) is 1.82. The topological polar surface area (TPSA) is 54.8 Å². The number of hydrogen-bond donors (Lipinski definition) is 2. The highest BCUT2D eigenvalue weighted by molar-refractivity contribution is 5.75. The predicted octanol–water partition coefficient (Wildman–Crippen LogP) is -1.64. The first-order valence-corrected chi connectivity index (χ1v) is 3.45. The Balaban J connectivity index is 2.71. The summed E-state index contributed by atoms with van der Waals surface area (Å²) >= 11 is 0. The molecular formula is C7H14N3+. The van der Waals surface area contributed by atoms with Crippen LogP contribution in [0.5, 0.6) is 0 Å². The van der Waals surface area contributed by atoms with Crippen molar-refractivity contribution in [2.75, 3.05) is 20.1 Å². The first-order valence-electron chi connectivity index (χ1n) is 3.45. The molecule has 0 amide bonds. The fraction of sp³-hybridized carbons (Fsp3) is 0.571. The molecule has 0 aromatic carbocycles. The van der Waals surface area contributed by atoms with Crippen LogP contribution in [0.1, 0.15) is 6.42 Å². The fourth-order valence-corrected chi connectivity index (χ4v) is 1.10. The van der Waals surface area contributed by atoms with Crippen LogP contribution in [-0.4, -0.2) is 31.3 Å². The van der Waals surface area contributed by atoms with Gasteiger partial charge in [0.1, 0.15) is 0 Å². The van der Waals surface area contributed by atoms with Gasteiger partial charge in [-0.2, -0.15) is 0 Å². The van der Waals surface area contributed by atoms with E-state index in [4.69, 9.17) is 11.1 Å². The largest absolute Gasteiger partial charge is 0.402 e. The molecule has 3 heteroatoms. The number of likely N-dealkylation sites (N-methyl/N-ethyl adjacent to an activating group) is 1. The van der Waals surface area contributed by atoms with Crippen molar-refractivity contribution < 1.29 is 5.41 Å². The van der Waals surface area contributed by atoms with Gasteiger partial charge in [-0.3, -0.25) is 5.41 Å².